The summed E-state index contributed by atoms with van der Waals surface area (Å²) in [5, 5.41) is 6.29. The Morgan fingerprint density at radius 2 is 1.61 bits per heavy atom. The number of halogens is 4. The van der Waals surface area contributed by atoms with E-state index in [9.17, 15) is 27.2 Å². The smallest absolute Gasteiger partial charge is 0.360 e. The monoisotopic (exact) mass is 657 g/mol. The first kappa shape index (κ1) is 35.0. The van der Waals surface area contributed by atoms with Crippen molar-refractivity contribution in [2.75, 3.05) is 26.2 Å². The van der Waals surface area contributed by atoms with E-state index in [1.54, 1.807) is 35.5 Å². The Morgan fingerprint density at radius 1 is 0.935 bits per heavy atom. The van der Waals surface area contributed by atoms with E-state index in [4.69, 9.17) is 0 Å². The molecule has 7 nitrogen and oxygen atoms in total. The van der Waals surface area contributed by atoms with Gasteiger partial charge < -0.3 is 20.4 Å². The molecule has 2 amide bonds. The zero-order chi connectivity index (χ0) is 33.3. The zero-order valence-electron chi connectivity index (χ0n) is 26.2. The molecule has 1 aliphatic heterocycles. The third-order valence-corrected chi connectivity index (χ3v) is 9.24. The minimum Gasteiger partial charge on any atom is -0.360 e. The number of hydrogen-bond acceptors (Lipinski definition) is 6. The van der Waals surface area contributed by atoms with Crippen LogP contribution in [-0.2, 0) is 28.1 Å². The highest BCUT2D eigenvalue weighted by atomic mass is 32.2. The molecule has 1 unspecified atom stereocenters. The molecule has 0 saturated heterocycles. The molecule has 0 radical (unpaired) electrons. The normalized spacial score (nSPS) is 16.5. The second-order valence-corrected chi connectivity index (χ2v) is 12.3. The fourth-order valence-corrected chi connectivity index (χ4v) is 6.14. The SMILES string of the molecule is CCC1=CNC(CC(=O)N(CCN(CC)CC)Cc2ccc(-c3ccc(C(F)(F)F)cc3)nc2)(SCc2ccc(F)cc2)NC1=O. The van der Waals surface area contributed by atoms with Gasteiger partial charge in [0, 0.05) is 48.9 Å². The molecule has 0 bridgehead atoms. The molecule has 1 aliphatic rings. The first-order chi connectivity index (χ1) is 21.9. The van der Waals surface area contributed by atoms with Crippen molar-refractivity contribution in [1.29, 1.82) is 0 Å². The van der Waals surface area contributed by atoms with Crippen LogP contribution in [0.15, 0.2) is 78.6 Å². The number of carbonyl (C=O) groups is 2. The van der Waals surface area contributed by atoms with E-state index in [-0.39, 0.29) is 30.6 Å². The van der Waals surface area contributed by atoms with E-state index in [0.29, 0.717) is 42.1 Å². The summed E-state index contributed by atoms with van der Waals surface area (Å²) in [6.45, 7) is 8.96. The number of alkyl halides is 3. The van der Waals surface area contributed by atoms with Gasteiger partial charge in [0.25, 0.3) is 5.91 Å². The molecule has 2 N–H and O–H groups in total. The van der Waals surface area contributed by atoms with Crippen LogP contribution in [0.4, 0.5) is 17.6 Å². The Labute approximate surface area is 271 Å². The third-order valence-electron chi connectivity index (χ3n) is 7.91. The highest BCUT2D eigenvalue weighted by Gasteiger charge is 2.39. The van der Waals surface area contributed by atoms with Gasteiger partial charge in [-0.05, 0) is 61.0 Å². The van der Waals surface area contributed by atoms with Crippen molar-refractivity contribution in [1.82, 2.24) is 25.4 Å². The van der Waals surface area contributed by atoms with E-state index in [0.717, 1.165) is 36.3 Å². The molecular formula is C34H39F4N5O2S. The lowest BCUT2D eigenvalue weighted by Gasteiger charge is -2.39. The Hall–Kier alpha value is -3.90. The maximum atomic E-state index is 14.0. The number of nitrogens with one attached hydrogen (secondary N) is 2. The van der Waals surface area contributed by atoms with Crippen molar-refractivity contribution in [3.8, 4) is 11.3 Å². The van der Waals surface area contributed by atoms with Gasteiger partial charge in [0.15, 0.2) is 4.99 Å². The maximum Gasteiger partial charge on any atom is 0.416 e. The maximum absolute atomic E-state index is 14.0. The first-order valence-electron chi connectivity index (χ1n) is 15.3. The molecular weight excluding hydrogens is 618 g/mol. The number of carbonyl (C=O) groups excluding carboxylic acids is 2. The average molecular weight is 658 g/mol. The number of hydrogen-bond donors (Lipinski definition) is 2. The van der Waals surface area contributed by atoms with Crippen LogP contribution < -0.4 is 10.6 Å². The summed E-state index contributed by atoms with van der Waals surface area (Å²) >= 11 is 1.36. The van der Waals surface area contributed by atoms with Gasteiger partial charge in [-0.1, -0.05) is 51.1 Å². The average Bonchev–Trinajstić information content (AvgIpc) is 3.04. The number of likely N-dealkylation sites (N-methyl/N-ethyl adjacent to an activating group) is 1. The number of amides is 2. The van der Waals surface area contributed by atoms with Crippen LogP contribution in [-0.4, -0.2) is 57.8 Å². The molecule has 246 valence electrons. The Kier molecular flexibility index (Phi) is 11.9. The summed E-state index contributed by atoms with van der Waals surface area (Å²) in [5.74, 6) is -0.362. The standard InChI is InChI=1S/C34H39F4N5O2S/c1-4-26-21-40-33(41-32(26)45,46-23-24-7-14-29(35)15-8-24)19-31(44)43(18-17-42(5-2)6-3)22-25-9-16-30(39-20-25)27-10-12-28(13-11-27)34(36,37)38/h7-16,20-21,40H,4-6,17-19,22-23H2,1-3H3,(H,41,45). The molecule has 3 aromatic rings. The number of benzene rings is 2. The van der Waals surface area contributed by atoms with E-state index in [1.807, 2.05) is 13.0 Å². The predicted octanol–water partition coefficient (Wildman–Crippen LogP) is 6.57. The lowest BCUT2D eigenvalue weighted by Crippen LogP contribution is -2.60. The van der Waals surface area contributed by atoms with Gasteiger partial charge in [-0.25, -0.2) is 4.39 Å². The van der Waals surface area contributed by atoms with Crippen LogP contribution in [0, 0.1) is 5.82 Å². The Morgan fingerprint density at radius 3 is 2.17 bits per heavy atom. The molecule has 4 rings (SSSR count). The molecule has 0 aliphatic carbocycles. The van der Waals surface area contributed by atoms with E-state index in [1.165, 1.54) is 36.0 Å². The Balaban J connectivity index is 1.54. The van der Waals surface area contributed by atoms with Crippen molar-refractivity contribution in [2.45, 2.75) is 57.1 Å². The van der Waals surface area contributed by atoms with E-state index < -0.39 is 16.7 Å². The summed E-state index contributed by atoms with van der Waals surface area (Å²) in [6.07, 6.45) is -0.654. The Bertz CT molecular complexity index is 1490. The minimum absolute atomic E-state index is 0.0482. The molecule has 46 heavy (non-hydrogen) atoms. The fraction of sp³-hybridized carbons (Fsp3) is 0.382. The summed E-state index contributed by atoms with van der Waals surface area (Å²) < 4.78 is 52.5. The van der Waals surface area contributed by atoms with Gasteiger partial charge in [-0.2, -0.15) is 13.2 Å². The number of thioether (sulfide) groups is 1. The molecule has 2 aromatic carbocycles. The molecule has 12 heteroatoms. The summed E-state index contributed by atoms with van der Waals surface area (Å²) in [7, 11) is 0. The number of rotatable bonds is 14. The molecule has 0 spiro atoms. The van der Waals surface area contributed by atoms with Crippen LogP contribution in [0.1, 0.15) is 50.3 Å². The molecule has 2 heterocycles. The quantitative estimate of drug-likeness (QED) is 0.191. The van der Waals surface area contributed by atoms with Crippen molar-refractivity contribution in [3.05, 3.63) is 101 Å². The number of nitrogens with zero attached hydrogens (tertiary/aromatic N) is 3. The van der Waals surface area contributed by atoms with Gasteiger partial charge in [0.05, 0.1) is 17.7 Å². The summed E-state index contributed by atoms with van der Waals surface area (Å²) in [6, 6.07) is 14.5. The zero-order valence-corrected chi connectivity index (χ0v) is 27.0. The predicted molar refractivity (Wildman–Crippen MR) is 173 cm³/mol. The number of pyridine rings is 1. The highest BCUT2D eigenvalue weighted by molar-refractivity contribution is 7.99. The van der Waals surface area contributed by atoms with Crippen molar-refractivity contribution >= 4 is 23.6 Å². The molecule has 0 fully saturated rings. The van der Waals surface area contributed by atoms with Gasteiger partial charge in [-0.15, -0.1) is 11.8 Å². The largest absolute Gasteiger partial charge is 0.416 e. The second kappa shape index (κ2) is 15.6. The van der Waals surface area contributed by atoms with Gasteiger partial charge in [0.1, 0.15) is 5.82 Å². The summed E-state index contributed by atoms with van der Waals surface area (Å²) in [4.78, 5) is 34.3. The van der Waals surface area contributed by atoms with Gasteiger partial charge in [0.2, 0.25) is 5.91 Å². The topological polar surface area (TPSA) is 77.6 Å². The van der Waals surface area contributed by atoms with Crippen LogP contribution in [0.5, 0.6) is 0 Å². The van der Waals surface area contributed by atoms with Crippen LogP contribution >= 0.6 is 11.8 Å². The van der Waals surface area contributed by atoms with Gasteiger partial charge >= 0.3 is 6.18 Å². The van der Waals surface area contributed by atoms with Crippen molar-refractivity contribution < 1.29 is 27.2 Å². The van der Waals surface area contributed by atoms with Crippen molar-refractivity contribution in [3.63, 3.8) is 0 Å². The minimum atomic E-state index is -4.42. The fourth-order valence-electron chi connectivity index (χ4n) is 5.00. The van der Waals surface area contributed by atoms with E-state index >= 15 is 0 Å². The van der Waals surface area contributed by atoms with Gasteiger partial charge in [-0.3, -0.25) is 14.6 Å². The lowest BCUT2D eigenvalue weighted by molar-refractivity contribution is -0.137. The van der Waals surface area contributed by atoms with Crippen LogP contribution in [0.25, 0.3) is 11.3 Å². The molecule has 0 saturated carbocycles. The third kappa shape index (κ3) is 9.32. The summed E-state index contributed by atoms with van der Waals surface area (Å²) in [5.41, 5.74) is 2.51. The molecule has 1 aromatic heterocycles. The molecule has 1 atom stereocenters. The highest BCUT2D eigenvalue weighted by Crippen LogP contribution is 2.32. The lowest BCUT2D eigenvalue weighted by atomic mass is 10.1. The second-order valence-electron chi connectivity index (χ2n) is 11.0. The van der Waals surface area contributed by atoms with Crippen LogP contribution in [0.3, 0.4) is 0 Å². The van der Waals surface area contributed by atoms with Crippen LogP contribution in [0.2, 0.25) is 0 Å². The first-order valence-corrected chi connectivity index (χ1v) is 16.2. The van der Waals surface area contributed by atoms with Crippen molar-refractivity contribution in [2.24, 2.45) is 0 Å². The van der Waals surface area contributed by atoms with E-state index in [2.05, 4.69) is 34.4 Å². The number of aromatic nitrogens is 1.